The topological polar surface area (TPSA) is 36.3 Å². The number of morpholine rings is 1. The van der Waals surface area contributed by atoms with Crippen LogP contribution in [-0.2, 0) is 4.74 Å². The van der Waals surface area contributed by atoms with Crippen molar-refractivity contribution in [1.82, 2.24) is 4.90 Å². The molecule has 17 heavy (non-hydrogen) atoms. The van der Waals surface area contributed by atoms with Crippen molar-refractivity contribution in [2.24, 2.45) is 0 Å². The third kappa shape index (κ3) is 2.83. The van der Waals surface area contributed by atoms with Crippen LogP contribution in [0.4, 0.5) is 4.39 Å². The molecule has 0 bridgehead atoms. The lowest BCUT2D eigenvalue weighted by atomic mass is 10.1. The van der Waals surface area contributed by atoms with Crippen molar-refractivity contribution < 1.29 is 9.13 Å². The van der Waals surface area contributed by atoms with Crippen LogP contribution in [0.15, 0.2) is 22.7 Å². The third-order valence-electron chi connectivity index (χ3n) is 2.79. The number of halogens is 2. The molecule has 0 aromatic heterocycles. The van der Waals surface area contributed by atoms with E-state index in [-0.39, 0.29) is 5.82 Å². The first-order valence-electron chi connectivity index (χ1n) is 5.38. The first kappa shape index (κ1) is 12.5. The lowest BCUT2D eigenvalue weighted by Crippen LogP contribution is -2.38. The average Bonchev–Trinajstić information content (AvgIpc) is 2.36. The Kier molecular flexibility index (Phi) is 4.11. The molecule has 90 valence electrons. The van der Waals surface area contributed by atoms with E-state index in [0.29, 0.717) is 31.9 Å². The van der Waals surface area contributed by atoms with Crippen molar-refractivity contribution in [1.29, 1.82) is 5.26 Å². The van der Waals surface area contributed by atoms with Crippen molar-refractivity contribution in [3.63, 3.8) is 0 Å². The van der Waals surface area contributed by atoms with Gasteiger partial charge in [-0.1, -0.05) is 15.9 Å². The summed E-state index contributed by atoms with van der Waals surface area (Å²) in [6, 6.07) is 6.30. The number of rotatable bonds is 2. The van der Waals surface area contributed by atoms with Gasteiger partial charge in [-0.25, -0.2) is 4.39 Å². The Bertz CT molecular complexity index is 441. The number of ether oxygens (including phenoxy) is 1. The van der Waals surface area contributed by atoms with Crippen LogP contribution in [-0.4, -0.2) is 31.2 Å². The maximum Gasteiger partial charge on any atom is 0.129 e. The van der Waals surface area contributed by atoms with E-state index < -0.39 is 6.04 Å². The van der Waals surface area contributed by atoms with Crippen LogP contribution in [0.5, 0.6) is 0 Å². The predicted octanol–water partition coefficient (Wildman–Crippen LogP) is 2.49. The largest absolute Gasteiger partial charge is 0.379 e. The van der Waals surface area contributed by atoms with E-state index in [1.54, 1.807) is 12.1 Å². The van der Waals surface area contributed by atoms with Crippen molar-refractivity contribution >= 4 is 15.9 Å². The lowest BCUT2D eigenvalue weighted by molar-refractivity contribution is 0.0261. The van der Waals surface area contributed by atoms with E-state index in [1.807, 2.05) is 4.90 Å². The second-order valence-corrected chi connectivity index (χ2v) is 4.76. The maximum absolute atomic E-state index is 13.7. The minimum absolute atomic E-state index is 0.341. The molecule has 0 aliphatic carbocycles. The average molecular weight is 299 g/mol. The van der Waals surface area contributed by atoms with Crippen molar-refractivity contribution in [2.75, 3.05) is 26.3 Å². The molecule has 0 amide bonds. The molecule has 0 radical (unpaired) electrons. The summed E-state index contributed by atoms with van der Waals surface area (Å²) >= 11 is 3.30. The fraction of sp³-hybridized carbons (Fsp3) is 0.417. The Hall–Kier alpha value is -0.960. The predicted molar refractivity (Wildman–Crippen MR) is 64.8 cm³/mol. The zero-order chi connectivity index (χ0) is 12.3. The number of benzene rings is 1. The normalized spacial score (nSPS) is 18.6. The van der Waals surface area contributed by atoms with Gasteiger partial charge in [0.15, 0.2) is 0 Å². The first-order chi connectivity index (χ1) is 8.22. The first-order valence-corrected chi connectivity index (χ1v) is 6.18. The van der Waals surface area contributed by atoms with Crippen LogP contribution < -0.4 is 0 Å². The summed E-state index contributed by atoms with van der Waals surface area (Å²) in [7, 11) is 0. The molecule has 1 atom stereocenters. The Morgan fingerprint density at radius 2 is 2.12 bits per heavy atom. The molecular weight excluding hydrogens is 287 g/mol. The van der Waals surface area contributed by atoms with Gasteiger partial charge in [0.1, 0.15) is 11.9 Å². The van der Waals surface area contributed by atoms with Crippen molar-refractivity contribution in [3.05, 3.63) is 34.1 Å². The van der Waals surface area contributed by atoms with Crippen molar-refractivity contribution in [2.45, 2.75) is 6.04 Å². The Morgan fingerprint density at radius 1 is 1.41 bits per heavy atom. The van der Waals surface area contributed by atoms with Crippen LogP contribution in [0, 0.1) is 17.1 Å². The Morgan fingerprint density at radius 3 is 2.76 bits per heavy atom. The van der Waals surface area contributed by atoms with Crippen LogP contribution in [0.3, 0.4) is 0 Å². The van der Waals surface area contributed by atoms with Crippen molar-refractivity contribution in [3.8, 4) is 6.07 Å². The molecule has 1 aromatic carbocycles. The molecule has 1 heterocycles. The standard InChI is InChI=1S/C12H12BrFN2O/c13-9-1-2-11(14)10(7-9)12(8-15)16-3-5-17-6-4-16/h1-2,7,12H,3-6H2/t12-/m0/s1. The molecule has 1 aliphatic heterocycles. The summed E-state index contributed by atoms with van der Waals surface area (Å²) in [5.41, 5.74) is 0.420. The van der Waals surface area contributed by atoms with E-state index in [9.17, 15) is 9.65 Å². The minimum atomic E-state index is -0.545. The van der Waals surface area contributed by atoms with E-state index in [0.717, 1.165) is 4.47 Å². The second kappa shape index (κ2) is 5.58. The molecular formula is C12H12BrFN2O. The summed E-state index contributed by atoms with van der Waals surface area (Å²) in [5.74, 6) is -0.341. The van der Waals surface area contributed by atoms with Gasteiger partial charge in [-0.15, -0.1) is 0 Å². The third-order valence-corrected chi connectivity index (χ3v) is 3.28. The van der Waals surface area contributed by atoms with E-state index in [2.05, 4.69) is 22.0 Å². The Labute approximate surface area is 108 Å². The van der Waals surface area contributed by atoms with Gasteiger partial charge >= 0.3 is 0 Å². The number of hydrogen-bond donors (Lipinski definition) is 0. The summed E-state index contributed by atoms with van der Waals surface area (Å²) in [6.07, 6.45) is 0. The summed E-state index contributed by atoms with van der Waals surface area (Å²) in [6.45, 7) is 2.50. The smallest absolute Gasteiger partial charge is 0.129 e. The fourth-order valence-electron chi connectivity index (χ4n) is 1.91. The van der Waals surface area contributed by atoms with Gasteiger partial charge in [-0.2, -0.15) is 5.26 Å². The zero-order valence-electron chi connectivity index (χ0n) is 9.20. The molecule has 1 saturated heterocycles. The monoisotopic (exact) mass is 298 g/mol. The van der Waals surface area contributed by atoms with Crippen LogP contribution in [0.1, 0.15) is 11.6 Å². The van der Waals surface area contributed by atoms with Crippen LogP contribution in [0.2, 0.25) is 0 Å². The SMILES string of the molecule is N#C[C@@H](c1cc(Br)ccc1F)N1CCOCC1. The quantitative estimate of drug-likeness (QED) is 0.842. The van der Waals surface area contributed by atoms with E-state index in [4.69, 9.17) is 4.74 Å². The number of nitrogens with zero attached hydrogens (tertiary/aromatic N) is 2. The highest BCUT2D eigenvalue weighted by Gasteiger charge is 2.24. The van der Waals surface area contributed by atoms with Gasteiger partial charge in [-0.05, 0) is 18.2 Å². The van der Waals surface area contributed by atoms with Gasteiger partial charge < -0.3 is 4.74 Å². The summed E-state index contributed by atoms with van der Waals surface area (Å²) in [5, 5.41) is 9.23. The van der Waals surface area contributed by atoms with Gasteiger partial charge in [-0.3, -0.25) is 4.90 Å². The maximum atomic E-state index is 13.7. The fourth-order valence-corrected chi connectivity index (χ4v) is 2.29. The van der Waals surface area contributed by atoms with Gasteiger partial charge in [0.25, 0.3) is 0 Å². The minimum Gasteiger partial charge on any atom is -0.379 e. The van der Waals surface area contributed by atoms with Crippen LogP contribution >= 0.6 is 15.9 Å². The van der Waals surface area contributed by atoms with Gasteiger partial charge in [0.05, 0.1) is 19.3 Å². The highest BCUT2D eigenvalue weighted by Crippen LogP contribution is 2.26. The molecule has 1 aromatic rings. The molecule has 1 fully saturated rings. The van der Waals surface area contributed by atoms with Gasteiger partial charge in [0, 0.05) is 23.1 Å². The molecule has 0 unspecified atom stereocenters. The Balaban J connectivity index is 2.28. The number of hydrogen-bond acceptors (Lipinski definition) is 3. The summed E-state index contributed by atoms with van der Waals surface area (Å²) < 4.78 is 19.7. The second-order valence-electron chi connectivity index (χ2n) is 3.85. The number of nitriles is 1. The van der Waals surface area contributed by atoms with E-state index in [1.165, 1.54) is 6.07 Å². The molecule has 2 rings (SSSR count). The molecule has 0 N–H and O–H groups in total. The summed E-state index contributed by atoms with van der Waals surface area (Å²) in [4.78, 5) is 1.94. The molecule has 0 spiro atoms. The van der Waals surface area contributed by atoms with Crippen LogP contribution in [0.25, 0.3) is 0 Å². The lowest BCUT2D eigenvalue weighted by Gasteiger charge is -2.30. The highest BCUT2D eigenvalue weighted by molar-refractivity contribution is 9.10. The molecule has 1 aliphatic rings. The van der Waals surface area contributed by atoms with E-state index >= 15 is 0 Å². The molecule has 5 heteroatoms. The molecule has 3 nitrogen and oxygen atoms in total. The molecule has 0 saturated carbocycles. The zero-order valence-corrected chi connectivity index (χ0v) is 10.8. The highest BCUT2D eigenvalue weighted by atomic mass is 79.9. The van der Waals surface area contributed by atoms with Gasteiger partial charge in [0.2, 0.25) is 0 Å².